The maximum absolute atomic E-state index is 8.86. The van der Waals surface area contributed by atoms with E-state index in [1.54, 1.807) is 0 Å². The topological polar surface area (TPSA) is 94.4 Å². The van der Waals surface area contributed by atoms with Gasteiger partial charge >= 0.3 is 0 Å². The average Bonchev–Trinajstić information content (AvgIpc) is 2.77. The molecule has 1 heterocycles. The van der Waals surface area contributed by atoms with Crippen LogP contribution in [0.5, 0.6) is 0 Å². The molecule has 0 spiro atoms. The second kappa shape index (κ2) is 6.57. The fourth-order valence-electron chi connectivity index (χ4n) is 1.36. The van der Waals surface area contributed by atoms with Crippen LogP contribution in [0.3, 0.4) is 0 Å². The molecule has 1 aromatic rings. The number of hydrogen-bond acceptors (Lipinski definition) is 6. The summed E-state index contributed by atoms with van der Waals surface area (Å²) in [6, 6.07) is -0.620. The number of aliphatic hydroxyl groups is 1. The van der Waals surface area contributed by atoms with Gasteiger partial charge in [0, 0.05) is 6.61 Å². The molecule has 0 radical (unpaired) electrons. The predicted molar refractivity (Wildman–Crippen MR) is 57.6 cm³/mol. The van der Waals surface area contributed by atoms with Crippen LogP contribution in [0.25, 0.3) is 0 Å². The highest BCUT2D eigenvalue weighted by Crippen LogP contribution is 2.21. The molecule has 1 unspecified atom stereocenters. The number of aromatic nitrogens is 2. The molecule has 16 heavy (non-hydrogen) atoms. The summed E-state index contributed by atoms with van der Waals surface area (Å²) in [7, 11) is 0. The zero-order valence-electron chi connectivity index (χ0n) is 9.72. The highest BCUT2D eigenvalue weighted by atomic mass is 16.5. The molecular weight excluding hydrogens is 210 g/mol. The third-order valence-electron chi connectivity index (χ3n) is 2.18. The lowest BCUT2D eigenvalue weighted by molar-refractivity contribution is 0.0477. The van der Waals surface area contributed by atoms with Crippen molar-refractivity contribution in [2.75, 3.05) is 13.2 Å². The van der Waals surface area contributed by atoms with Crippen LogP contribution in [-0.2, 0) is 4.74 Å². The van der Waals surface area contributed by atoms with Crippen molar-refractivity contribution in [3.8, 4) is 0 Å². The van der Waals surface area contributed by atoms with Crippen molar-refractivity contribution in [1.82, 2.24) is 10.1 Å². The Balaban J connectivity index is 2.72. The minimum atomic E-state index is -0.620. The zero-order chi connectivity index (χ0) is 12.0. The Kier molecular flexibility index (Phi) is 5.37. The highest BCUT2D eigenvalue weighted by molar-refractivity contribution is 4.95. The molecule has 0 bridgehead atoms. The van der Waals surface area contributed by atoms with E-state index in [0.717, 1.165) is 12.8 Å². The summed E-state index contributed by atoms with van der Waals surface area (Å²) >= 11 is 0. The monoisotopic (exact) mass is 229 g/mol. The molecule has 0 aliphatic rings. The van der Waals surface area contributed by atoms with E-state index >= 15 is 0 Å². The molecule has 0 saturated heterocycles. The van der Waals surface area contributed by atoms with Crippen LogP contribution in [0.1, 0.15) is 50.6 Å². The van der Waals surface area contributed by atoms with Gasteiger partial charge < -0.3 is 20.1 Å². The minimum Gasteiger partial charge on any atom is -0.394 e. The molecule has 1 rings (SSSR count). The highest BCUT2D eigenvalue weighted by Gasteiger charge is 2.20. The van der Waals surface area contributed by atoms with Gasteiger partial charge in [-0.15, -0.1) is 0 Å². The van der Waals surface area contributed by atoms with Crippen LogP contribution < -0.4 is 5.73 Å². The first-order valence-corrected chi connectivity index (χ1v) is 5.54. The van der Waals surface area contributed by atoms with Gasteiger partial charge in [-0.2, -0.15) is 4.98 Å². The van der Waals surface area contributed by atoms with Gasteiger partial charge in [0.2, 0.25) is 11.7 Å². The van der Waals surface area contributed by atoms with E-state index in [0.29, 0.717) is 12.4 Å². The van der Waals surface area contributed by atoms with Crippen molar-refractivity contribution in [2.45, 2.75) is 38.8 Å². The maximum Gasteiger partial charge on any atom is 0.246 e. The van der Waals surface area contributed by atoms with Gasteiger partial charge in [-0.05, 0) is 13.3 Å². The molecule has 0 aromatic carbocycles. The molecule has 6 nitrogen and oxygen atoms in total. The molecule has 3 N–H and O–H groups in total. The third kappa shape index (κ3) is 3.26. The molecule has 0 aliphatic carbocycles. The fourth-order valence-corrected chi connectivity index (χ4v) is 1.36. The SMILES string of the molecule is CCCC(OCC)c1noc([C@@H](N)CO)n1. The van der Waals surface area contributed by atoms with Crippen LogP contribution in [0.2, 0.25) is 0 Å². The quantitative estimate of drug-likeness (QED) is 0.722. The Morgan fingerprint density at radius 1 is 1.50 bits per heavy atom. The van der Waals surface area contributed by atoms with Crippen molar-refractivity contribution in [1.29, 1.82) is 0 Å². The lowest BCUT2D eigenvalue weighted by Crippen LogP contribution is -2.15. The summed E-state index contributed by atoms with van der Waals surface area (Å²) in [5.74, 6) is 0.751. The first kappa shape index (κ1) is 13.1. The van der Waals surface area contributed by atoms with Gasteiger partial charge in [0.05, 0.1) is 6.61 Å². The van der Waals surface area contributed by atoms with Crippen LogP contribution in [0.4, 0.5) is 0 Å². The van der Waals surface area contributed by atoms with Crippen molar-refractivity contribution < 1.29 is 14.4 Å². The van der Waals surface area contributed by atoms with Gasteiger partial charge in [-0.25, -0.2) is 0 Å². The second-order valence-corrected chi connectivity index (χ2v) is 3.51. The summed E-state index contributed by atoms with van der Waals surface area (Å²) < 4.78 is 10.5. The van der Waals surface area contributed by atoms with Crippen molar-refractivity contribution >= 4 is 0 Å². The van der Waals surface area contributed by atoms with Gasteiger partial charge in [-0.3, -0.25) is 0 Å². The number of rotatable bonds is 7. The average molecular weight is 229 g/mol. The van der Waals surface area contributed by atoms with Crippen LogP contribution >= 0.6 is 0 Å². The Morgan fingerprint density at radius 2 is 2.25 bits per heavy atom. The minimum absolute atomic E-state index is 0.154. The van der Waals surface area contributed by atoms with E-state index in [1.807, 2.05) is 6.92 Å². The molecule has 1 aromatic heterocycles. The normalized spacial score (nSPS) is 15.0. The van der Waals surface area contributed by atoms with E-state index in [4.69, 9.17) is 20.1 Å². The Labute approximate surface area is 94.8 Å². The van der Waals surface area contributed by atoms with E-state index in [1.165, 1.54) is 0 Å². The number of aliphatic hydroxyl groups excluding tert-OH is 1. The first-order valence-electron chi connectivity index (χ1n) is 5.54. The Morgan fingerprint density at radius 3 is 2.81 bits per heavy atom. The third-order valence-corrected chi connectivity index (χ3v) is 2.18. The zero-order valence-corrected chi connectivity index (χ0v) is 9.72. The Bertz CT molecular complexity index is 297. The van der Waals surface area contributed by atoms with Crippen LogP contribution in [-0.4, -0.2) is 28.5 Å². The summed E-state index contributed by atoms with van der Waals surface area (Å²) in [5.41, 5.74) is 5.57. The second-order valence-electron chi connectivity index (χ2n) is 3.51. The molecule has 92 valence electrons. The van der Waals surface area contributed by atoms with Gasteiger partial charge in [-0.1, -0.05) is 18.5 Å². The van der Waals surface area contributed by atoms with Crippen molar-refractivity contribution in [3.63, 3.8) is 0 Å². The van der Waals surface area contributed by atoms with Gasteiger partial charge in [0.1, 0.15) is 12.1 Å². The van der Waals surface area contributed by atoms with E-state index < -0.39 is 6.04 Å². The van der Waals surface area contributed by atoms with E-state index in [2.05, 4.69) is 17.1 Å². The molecule has 6 heteroatoms. The fraction of sp³-hybridized carbons (Fsp3) is 0.800. The summed E-state index contributed by atoms with van der Waals surface area (Å²) in [6.45, 7) is 4.37. The van der Waals surface area contributed by atoms with E-state index in [-0.39, 0.29) is 18.6 Å². The Hall–Kier alpha value is -0.980. The number of nitrogens with zero attached hydrogens (tertiary/aromatic N) is 2. The summed E-state index contributed by atoms with van der Waals surface area (Å²) in [5, 5.41) is 12.7. The van der Waals surface area contributed by atoms with Crippen molar-refractivity contribution in [3.05, 3.63) is 11.7 Å². The standard InChI is InChI=1S/C10H19N3O3/c1-3-5-8(15-4-2)9-12-10(16-13-9)7(11)6-14/h7-8,14H,3-6,11H2,1-2H3/t7-,8?/m0/s1. The summed E-state index contributed by atoms with van der Waals surface area (Å²) in [4.78, 5) is 4.13. The van der Waals surface area contributed by atoms with Gasteiger partial charge in [0.25, 0.3) is 0 Å². The molecular formula is C10H19N3O3. The maximum atomic E-state index is 8.86. The number of ether oxygens (including phenoxy) is 1. The summed E-state index contributed by atoms with van der Waals surface area (Å²) in [6.07, 6.45) is 1.65. The van der Waals surface area contributed by atoms with Gasteiger partial charge in [0.15, 0.2) is 0 Å². The number of hydrogen-bond donors (Lipinski definition) is 2. The van der Waals surface area contributed by atoms with Crippen LogP contribution in [0.15, 0.2) is 4.52 Å². The van der Waals surface area contributed by atoms with Crippen LogP contribution in [0, 0.1) is 0 Å². The molecule has 0 fully saturated rings. The molecule has 0 saturated carbocycles. The lowest BCUT2D eigenvalue weighted by atomic mass is 10.2. The lowest BCUT2D eigenvalue weighted by Gasteiger charge is -2.11. The molecule has 0 aliphatic heterocycles. The molecule has 2 atom stereocenters. The largest absolute Gasteiger partial charge is 0.394 e. The smallest absolute Gasteiger partial charge is 0.246 e. The number of nitrogens with two attached hydrogens (primary N) is 1. The van der Waals surface area contributed by atoms with E-state index in [9.17, 15) is 0 Å². The first-order chi connectivity index (χ1) is 7.72. The molecule has 0 amide bonds. The predicted octanol–water partition coefficient (Wildman–Crippen LogP) is 0.939. The van der Waals surface area contributed by atoms with Crippen molar-refractivity contribution in [2.24, 2.45) is 5.73 Å².